The van der Waals surface area contributed by atoms with Crippen LogP contribution < -0.4 is 5.32 Å². The number of nitrogens with one attached hydrogen (secondary N) is 1. The lowest BCUT2D eigenvalue weighted by molar-refractivity contribution is -0.121. The van der Waals surface area contributed by atoms with E-state index in [2.05, 4.69) is 39.1 Å². The number of carbonyl (C=O) groups excluding carboxylic acids is 1. The summed E-state index contributed by atoms with van der Waals surface area (Å²) in [6, 6.07) is 1.94. The van der Waals surface area contributed by atoms with Crippen molar-refractivity contribution in [3.63, 3.8) is 0 Å². The van der Waals surface area contributed by atoms with Gasteiger partial charge in [0, 0.05) is 36.6 Å². The lowest BCUT2D eigenvalue weighted by Crippen LogP contribution is -2.55. The van der Waals surface area contributed by atoms with Crippen LogP contribution in [-0.4, -0.2) is 68.8 Å². The maximum absolute atomic E-state index is 12.3. The first-order valence-corrected chi connectivity index (χ1v) is 8.64. The Bertz CT molecular complexity index is 764. The van der Waals surface area contributed by atoms with Crippen LogP contribution in [0.25, 0.3) is 5.78 Å². The second-order valence-corrected chi connectivity index (χ2v) is 7.14. The Balaban J connectivity index is 1.60. The van der Waals surface area contributed by atoms with Gasteiger partial charge in [0.15, 0.2) is 5.82 Å². The Labute approximate surface area is 147 Å². The van der Waals surface area contributed by atoms with Crippen LogP contribution in [0.1, 0.15) is 31.1 Å². The predicted molar refractivity (Wildman–Crippen MR) is 93.4 cm³/mol. The average Bonchev–Trinajstić information content (AvgIpc) is 2.96. The van der Waals surface area contributed by atoms with E-state index in [4.69, 9.17) is 4.74 Å². The second kappa shape index (κ2) is 7.05. The lowest BCUT2D eigenvalue weighted by atomic mass is 10.0. The molecule has 0 aliphatic carbocycles. The number of carbonyl (C=O) groups is 1. The average molecular weight is 346 g/mol. The van der Waals surface area contributed by atoms with Crippen molar-refractivity contribution >= 4 is 11.7 Å². The summed E-state index contributed by atoms with van der Waals surface area (Å²) in [5, 5.41) is 7.39. The van der Waals surface area contributed by atoms with Crippen molar-refractivity contribution in [3.8, 4) is 0 Å². The third-order valence-electron chi connectivity index (χ3n) is 4.57. The van der Waals surface area contributed by atoms with Gasteiger partial charge in [0.25, 0.3) is 5.78 Å². The first kappa shape index (κ1) is 17.8. The van der Waals surface area contributed by atoms with Crippen LogP contribution in [0.15, 0.2) is 6.07 Å². The summed E-state index contributed by atoms with van der Waals surface area (Å²) in [5.74, 6) is 0.948. The molecule has 1 aliphatic heterocycles. The highest BCUT2D eigenvalue weighted by Crippen LogP contribution is 2.15. The van der Waals surface area contributed by atoms with Gasteiger partial charge in [-0.3, -0.25) is 9.69 Å². The van der Waals surface area contributed by atoms with E-state index in [1.165, 1.54) is 0 Å². The van der Waals surface area contributed by atoms with E-state index in [0.717, 1.165) is 37.7 Å². The number of amides is 1. The summed E-state index contributed by atoms with van der Waals surface area (Å²) in [6.07, 6.45) is 0.154. The summed E-state index contributed by atoms with van der Waals surface area (Å²) in [6.45, 7) is 12.0. The van der Waals surface area contributed by atoms with Crippen LogP contribution in [0.4, 0.5) is 0 Å². The zero-order valence-electron chi connectivity index (χ0n) is 15.4. The SMILES string of the molecule is Cc1cc(C)n2nc(CC(=O)NCC(C)(C)N3CCOCC3)nc2n1. The molecule has 8 heteroatoms. The first-order chi connectivity index (χ1) is 11.8. The van der Waals surface area contributed by atoms with E-state index in [9.17, 15) is 4.79 Å². The molecule has 3 rings (SSSR count). The molecule has 0 unspecified atom stereocenters. The van der Waals surface area contributed by atoms with E-state index >= 15 is 0 Å². The molecule has 1 aliphatic rings. The normalized spacial score (nSPS) is 16.3. The van der Waals surface area contributed by atoms with Crippen molar-refractivity contribution in [1.82, 2.24) is 29.8 Å². The van der Waals surface area contributed by atoms with Crippen LogP contribution in [0.2, 0.25) is 0 Å². The number of aryl methyl sites for hydroxylation is 2. The Morgan fingerprint density at radius 2 is 2.00 bits per heavy atom. The predicted octanol–water partition coefficient (Wildman–Crippen LogP) is 0.511. The number of morpholine rings is 1. The third kappa shape index (κ3) is 4.13. The van der Waals surface area contributed by atoms with Gasteiger partial charge in [-0.05, 0) is 33.8 Å². The molecule has 0 bridgehead atoms. The van der Waals surface area contributed by atoms with Gasteiger partial charge in [-0.25, -0.2) is 9.50 Å². The number of fused-ring (bicyclic) bond motifs is 1. The van der Waals surface area contributed by atoms with Crippen LogP contribution >= 0.6 is 0 Å². The Hall–Kier alpha value is -2.06. The van der Waals surface area contributed by atoms with Crippen LogP contribution in [0.5, 0.6) is 0 Å². The number of rotatable bonds is 5. The molecule has 8 nitrogen and oxygen atoms in total. The van der Waals surface area contributed by atoms with Crippen molar-refractivity contribution in [1.29, 1.82) is 0 Å². The molecule has 2 aromatic rings. The minimum atomic E-state index is -0.110. The van der Waals surface area contributed by atoms with E-state index < -0.39 is 0 Å². The molecule has 0 saturated carbocycles. The third-order valence-corrected chi connectivity index (χ3v) is 4.57. The molecule has 2 aromatic heterocycles. The number of hydrogen-bond acceptors (Lipinski definition) is 6. The number of hydrogen-bond donors (Lipinski definition) is 1. The van der Waals surface area contributed by atoms with Gasteiger partial charge in [-0.15, -0.1) is 5.10 Å². The molecule has 1 fully saturated rings. The lowest BCUT2D eigenvalue weighted by Gasteiger charge is -2.40. The molecule has 0 atom stereocenters. The molecule has 0 spiro atoms. The van der Waals surface area contributed by atoms with E-state index in [-0.39, 0.29) is 17.9 Å². The fourth-order valence-electron chi connectivity index (χ4n) is 3.08. The summed E-state index contributed by atoms with van der Waals surface area (Å²) in [4.78, 5) is 23.4. The summed E-state index contributed by atoms with van der Waals surface area (Å²) < 4.78 is 7.07. The Morgan fingerprint density at radius 1 is 1.28 bits per heavy atom. The monoisotopic (exact) mass is 346 g/mol. The minimum absolute atomic E-state index is 0.0772. The second-order valence-electron chi connectivity index (χ2n) is 7.14. The number of ether oxygens (including phenoxy) is 1. The maximum Gasteiger partial charge on any atom is 0.252 e. The molecular formula is C17H26N6O2. The molecule has 1 saturated heterocycles. The molecule has 0 radical (unpaired) electrons. The zero-order chi connectivity index (χ0) is 18.0. The molecule has 25 heavy (non-hydrogen) atoms. The van der Waals surface area contributed by atoms with Gasteiger partial charge >= 0.3 is 0 Å². The molecule has 136 valence electrons. The van der Waals surface area contributed by atoms with Crippen LogP contribution in [0, 0.1) is 13.8 Å². The number of nitrogens with zero attached hydrogens (tertiary/aromatic N) is 5. The minimum Gasteiger partial charge on any atom is -0.379 e. The molecule has 1 amide bonds. The zero-order valence-corrected chi connectivity index (χ0v) is 15.4. The highest BCUT2D eigenvalue weighted by atomic mass is 16.5. The first-order valence-electron chi connectivity index (χ1n) is 8.64. The molecular weight excluding hydrogens is 320 g/mol. The molecule has 0 aromatic carbocycles. The summed E-state index contributed by atoms with van der Waals surface area (Å²) in [7, 11) is 0. The quantitative estimate of drug-likeness (QED) is 0.849. The highest BCUT2D eigenvalue weighted by Gasteiger charge is 2.28. The van der Waals surface area contributed by atoms with Crippen LogP contribution in [0.3, 0.4) is 0 Å². The Kier molecular flexibility index (Phi) is 5.01. The van der Waals surface area contributed by atoms with E-state index in [0.29, 0.717) is 18.1 Å². The summed E-state index contributed by atoms with van der Waals surface area (Å²) in [5.41, 5.74) is 1.73. The van der Waals surface area contributed by atoms with Crippen LogP contribution in [-0.2, 0) is 16.0 Å². The van der Waals surface area contributed by atoms with Crippen molar-refractivity contribution < 1.29 is 9.53 Å². The van der Waals surface area contributed by atoms with E-state index in [1.54, 1.807) is 4.52 Å². The highest BCUT2D eigenvalue weighted by molar-refractivity contribution is 5.77. The number of aromatic nitrogens is 4. The van der Waals surface area contributed by atoms with Crippen molar-refractivity contribution in [2.24, 2.45) is 0 Å². The van der Waals surface area contributed by atoms with Crippen molar-refractivity contribution in [2.75, 3.05) is 32.8 Å². The topological polar surface area (TPSA) is 84.7 Å². The van der Waals surface area contributed by atoms with E-state index in [1.807, 2.05) is 19.9 Å². The smallest absolute Gasteiger partial charge is 0.252 e. The van der Waals surface area contributed by atoms with Gasteiger partial charge in [0.2, 0.25) is 5.91 Å². The van der Waals surface area contributed by atoms with Crippen molar-refractivity contribution in [2.45, 2.75) is 39.7 Å². The van der Waals surface area contributed by atoms with Gasteiger partial charge < -0.3 is 10.1 Å². The largest absolute Gasteiger partial charge is 0.379 e. The van der Waals surface area contributed by atoms with Gasteiger partial charge in [0.1, 0.15) is 0 Å². The standard InChI is InChI=1S/C17H26N6O2/c1-12-9-13(2)23-16(19-12)20-14(21-23)10-15(24)18-11-17(3,4)22-5-7-25-8-6-22/h9H,5-8,10-11H2,1-4H3,(H,18,24). The molecule has 3 heterocycles. The van der Waals surface area contributed by atoms with Gasteiger partial charge in [0.05, 0.1) is 19.6 Å². The fraction of sp³-hybridized carbons (Fsp3) is 0.647. The van der Waals surface area contributed by atoms with Gasteiger partial charge in [-0.2, -0.15) is 4.98 Å². The maximum atomic E-state index is 12.3. The molecule has 1 N–H and O–H groups in total. The summed E-state index contributed by atoms with van der Waals surface area (Å²) >= 11 is 0. The Morgan fingerprint density at radius 3 is 2.72 bits per heavy atom. The van der Waals surface area contributed by atoms with Crippen molar-refractivity contribution in [3.05, 3.63) is 23.3 Å². The van der Waals surface area contributed by atoms with Gasteiger partial charge in [-0.1, -0.05) is 0 Å². The fourth-order valence-corrected chi connectivity index (χ4v) is 3.08.